The number of carbonyl (C=O) groups is 11. The van der Waals surface area contributed by atoms with E-state index in [1.165, 1.54) is 18.7 Å². The average Bonchev–Trinajstić information content (AvgIpc) is 3.79. The van der Waals surface area contributed by atoms with Gasteiger partial charge in [-0.05, 0) is 83.6 Å². The highest BCUT2D eigenvalue weighted by Gasteiger charge is 2.41. The van der Waals surface area contributed by atoms with Crippen LogP contribution in [-0.2, 0) is 52.7 Å². The number of aliphatic hydroxyl groups is 1. The van der Waals surface area contributed by atoms with E-state index >= 15 is 0 Å². The van der Waals surface area contributed by atoms with Gasteiger partial charge in [0.05, 0.1) is 12.6 Å². The van der Waals surface area contributed by atoms with E-state index in [0.29, 0.717) is 19.3 Å². The molecule has 0 radical (unpaired) electrons. The fourth-order valence-corrected chi connectivity index (χ4v) is 8.07. The van der Waals surface area contributed by atoms with Gasteiger partial charge in [-0.25, -0.2) is 4.79 Å². The molecule has 2 rings (SSSR count). The lowest BCUT2D eigenvalue weighted by Gasteiger charge is -2.32. The summed E-state index contributed by atoms with van der Waals surface area (Å²) in [6.45, 7) is 5.74. The molecule has 9 atom stereocenters. The molecule has 1 heterocycles. The molecule has 0 aromatic carbocycles. The first-order valence-corrected chi connectivity index (χ1v) is 23.7. The first kappa shape index (κ1) is 59.2. The first-order valence-electron chi connectivity index (χ1n) is 23.7. The molecule has 390 valence electrons. The summed E-state index contributed by atoms with van der Waals surface area (Å²) in [6, 6.07) is -11.6. The van der Waals surface area contributed by atoms with Gasteiger partial charge in [-0.1, -0.05) is 46.0 Å². The second-order valence-electron chi connectivity index (χ2n) is 18.2. The van der Waals surface area contributed by atoms with Crippen LogP contribution in [0.3, 0.4) is 0 Å². The number of amides is 9. The van der Waals surface area contributed by atoms with Crippen LogP contribution in [0.5, 0.6) is 0 Å². The number of nitrogens with one attached hydrogen (secondary N) is 7. The number of hydrogen-bond acceptors (Lipinski definition) is 14. The molecule has 0 aromatic rings. The van der Waals surface area contributed by atoms with Crippen molar-refractivity contribution in [2.24, 2.45) is 29.0 Å². The Hall–Kier alpha value is -5.95. The molecular formula is C44H75N11O14. The van der Waals surface area contributed by atoms with Gasteiger partial charge in [0.2, 0.25) is 53.2 Å². The summed E-state index contributed by atoms with van der Waals surface area (Å²) in [7, 11) is 0. The molecule has 2 aliphatic rings. The Balaban J connectivity index is 2.28. The first-order chi connectivity index (χ1) is 32.5. The average molecular weight is 982 g/mol. The predicted octanol–water partition coefficient (Wildman–Crippen LogP) is -3.30. The maximum absolute atomic E-state index is 14.0. The standard InChI is InChI=1S/C44H75N11O14/c1-23(2)35(54-36(60)24(3)46)43(67)55-20-10-14-32(55)42(66)52-30(21-26-11-6-5-7-12-26)40(64)48-25(4)37(61)49-28(15-17-33(47)57)39(63)50-27(13-8-9-19-45)38(62)53-31(22-56)41(65)51-29(44(68)69)16-18-34(58)59/h23-32,35,56H,5-22,45-46H2,1-4H3,(H2,47,57)(H,48,64)(H,49,61)(H,50,63)(H,51,65)(H,52,66)(H,53,62)(H,54,60)(H,58,59)(H,68,69)/t24-,25-,27-,28-,29-,30-,31-,32-,35-/m0/s1. The second kappa shape index (κ2) is 29.8. The summed E-state index contributed by atoms with van der Waals surface area (Å²) < 4.78 is 0. The highest BCUT2D eigenvalue weighted by Crippen LogP contribution is 2.28. The molecule has 25 nitrogen and oxygen atoms in total. The van der Waals surface area contributed by atoms with Gasteiger partial charge >= 0.3 is 11.9 Å². The van der Waals surface area contributed by atoms with Gasteiger partial charge < -0.3 is 74.6 Å². The van der Waals surface area contributed by atoms with Crippen molar-refractivity contribution < 1.29 is 68.1 Å². The lowest BCUT2D eigenvalue weighted by molar-refractivity contribution is -0.144. The fourth-order valence-electron chi connectivity index (χ4n) is 8.07. The third kappa shape index (κ3) is 20.3. The Labute approximate surface area is 401 Å². The molecule has 0 spiro atoms. The van der Waals surface area contributed by atoms with E-state index in [4.69, 9.17) is 22.3 Å². The third-order valence-corrected chi connectivity index (χ3v) is 12.1. The number of aliphatic hydroxyl groups excluding tert-OH is 1. The third-order valence-electron chi connectivity index (χ3n) is 12.1. The zero-order chi connectivity index (χ0) is 52.0. The van der Waals surface area contributed by atoms with Gasteiger partial charge in [0.25, 0.3) is 0 Å². The minimum absolute atomic E-state index is 0.0587. The number of primary amides is 1. The number of carbonyl (C=O) groups excluding carboxylic acids is 9. The molecule has 1 aliphatic heterocycles. The number of nitrogens with zero attached hydrogens (tertiary/aromatic N) is 1. The number of carboxylic acids is 2. The normalized spacial score (nSPS) is 18.4. The van der Waals surface area contributed by atoms with Gasteiger partial charge in [-0.3, -0.25) is 47.9 Å². The van der Waals surface area contributed by atoms with E-state index in [9.17, 15) is 63.0 Å². The Morgan fingerprint density at radius 1 is 0.609 bits per heavy atom. The highest BCUT2D eigenvalue weighted by atomic mass is 16.4. The Morgan fingerprint density at radius 2 is 1.16 bits per heavy atom. The minimum atomic E-state index is -1.74. The number of hydrogen-bond donors (Lipinski definition) is 13. The van der Waals surface area contributed by atoms with Crippen molar-refractivity contribution in [1.29, 1.82) is 0 Å². The number of likely N-dealkylation sites (tertiary alicyclic amines) is 1. The van der Waals surface area contributed by atoms with E-state index in [0.717, 1.165) is 32.1 Å². The van der Waals surface area contributed by atoms with Crippen LogP contribution in [0.2, 0.25) is 0 Å². The molecule has 0 aromatic heterocycles. The van der Waals surface area contributed by atoms with Crippen molar-refractivity contribution in [3.05, 3.63) is 0 Å². The smallest absolute Gasteiger partial charge is 0.326 e. The zero-order valence-electron chi connectivity index (χ0n) is 40.1. The number of nitrogens with two attached hydrogens (primary N) is 3. The van der Waals surface area contributed by atoms with Gasteiger partial charge in [0, 0.05) is 19.4 Å². The van der Waals surface area contributed by atoms with Crippen LogP contribution in [0, 0.1) is 11.8 Å². The predicted molar refractivity (Wildman–Crippen MR) is 247 cm³/mol. The Kier molecular flexibility index (Phi) is 25.6. The van der Waals surface area contributed by atoms with Gasteiger partial charge in [0.1, 0.15) is 48.3 Å². The van der Waals surface area contributed by atoms with E-state index in [1.54, 1.807) is 13.8 Å². The number of carboxylic acid groups (broad SMARTS) is 2. The lowest BCUT2D eigenvalue weighted by atomic mass is 9.84. The molecule has 0 bridgehead atoms. The summed E-state index contributed by atoms with van der Waals surface area (Å²) in [4.78, 5) is 144. The zero-order valence-corrected chi connectivity index (χ0v) is 40.1. The molecule has 9 amide bonds. The fraction of sp³-hybridized carbons (Fsp3) is 0.750. The van der Waals surface area contributed by atoms with Crippen LogP contribution >= 0.6 is 0 Å². The van der Waals surface area contributed by atoms with Crippen molar-refractivity contribution in [1.82, 2.24) is 42.1 Å². The van der Waals surface area contributed by atoms with E-state index in [1.807, 2.05) is 0 Å². The molecule has 25 heteroatoms. The second-order valence-corrected chi connectivity index (χ2v) is 18.2. The molecular weight excluding hydrogens is 907 g/mol. The van der Waals surface area contributed by atoms with Crippen LogP contribution in [0.1, 0.15) is 124 Å². The van der Waals surface area contributed by atoms with Crippen molar-refractivity contribution in [3.63, 3.8) is 0 Å². The van der Waals surface area contributed by atoms with Crippen molar-refractivity contribution in [3.8, 4) is 0 Å². The quantitative estimate of drug-likeness (QED) is 0.0314. The number of rotatable bonds is 30. The van der Waals surface area contributed by atoms with E-state index < -0.39 is 145 Å². The monoisotopic (exact) mass is 982 g/mol. The van der Waals surface area contributed by atoms with Crippen molar-refractivity contribution in [2.75, 3.05) is 19.7 Å². The summed E-state index contributed by atoms with van der Waals surface area (Å²) >= 11 is 0. The van der Waals surface area contributed by atoms with Crippen LogP contribution < -0.4 is 54.4 Å². The Bertz CT molecular complexity index is 1810. The largest absolute Gasteiger partial charge is 0.481 e. The molecule has 0 unspecified atom stereocenters. The Morgan fingerprint density at radius 3 is 1.71 bits per heavy atom. The summed E-state index contributed by atoms with van der Waals surface area (Å²) in [6.07, 6.45) is 4.18. The molecule has 2 fully saturated rings. The van der Waals surface area contributed by atoms with Crippen LogP contribution in [-0.4, -0.2) is 159 Å². The molecule has 16 N–H and O–H groups in total. The van der Waals surface area contributed by atoms with Gasteiger partial charge in [-0.2, -0.15) is 0 Å². The van der Waals surface area contributed by atoms with Crippen molar-refractivity contribution in [2.45, 2.75) is 178 Å². The topological polar surface area (TPSA) is 414 Å². The van der Waals surface area contributed by atoms with Crippen LogP contribution in [0.25, 0.3) is 0 Å². The summed E-state index contributed by atoms with van der Waals surface area (Å²) in [5, 5.41) is 45.7. The molecule has 1 saturated carbocycles. The van der Waals surface area contributed by atoms with E-state index in [2.05, 4.69) is 37.2 Å². The lowest BCUT2D eigenvalue weighted by Crippen LogP contribution is -2.60. The molecule has 1 aliphatic carbocycles. The molecule has 69 heavy (non-hydrogen) atoms. The SMILES string of the molecule is CC(C)[C@H](NC(=O)[C@H](C)N)C(=O)N1CCC[C@H]1C(=O)N[C@@H](CC1CCCCC1)C(=O)N[C@@H](C)C(=O)N[C@@H](CCC(N)=O)C(=O)N[C@@H](CCCCN)C(=O)N[C@@H](CO)C(=O)N[C@@H](CCC(=O)O)C(=O)O. The van der Waals surface area contributed by atoms with Crippen molar-refractivity contribution >= 4 is 65.1 Å². The number of aliphatic carboxylic acids is 2. The van der Waals surface area contributed by atoms with Crippen LogP contribution in [0.4, 0.5) is 0 Å². The molecule has 1 saturated heterocycles. The summed E-state index contributed by atoms with van der Waals surface area (Å²) in [5.74, 6) is -10.3. The highest BCUT2D eigenvalue weighted by molar-refractivity contribution is 5.98. The maximum atomic E-state index is 14.0. The minimum Gasteiger partial charge on any atom is -0.481 e. The number of unbranched alkanes of at least 4 members (excludes halogenated alkanes) is 1. The summed E-state index contributed by atoms with van der Waals surface area (Å²) in [5.41, 5.74) is 16.7. The van der Waals surface area contributed by atoms with E-state index in [-0.39, 0.29) is 50.6 Å². The van der Waals surface area contributed by atoms with Gasteiger partial charge in [0.15, 0.2) is 0 Å². The van der Waals surface area contributed by atoms with Gasteiger partial charge in [-0.15, -0.1) is 0 Å². The maximum Gasteiger partial charge on any atom is 0.326 e. The van der Waals surface area contributed by atoms with Crippen LogP contribution in [0.15, 0.2) is 0 Å².